The van der Waals surface area contributed by atoms with E-state index in [1.165, 1.54) is 18.4 Å². The topological polar surface area (TPSA) is 29.3 Å². The first-order chi connectivity index (χ1) is 6.73. The third-order valence-electron chi connectivity index (χ3n) is 3.34. The van der Waals surface area contributed by atoms with Gasteiger partial charge in [-0.05, 0) is 31.7 Å². The molecule has 2 nitrogen and oxygen atoms in total. The van der Waals surface area contributed by atoms with E-state index in [4.69, 9.17) is 5.84 Å². The van der Waals surface area contributed by atoms with Crippen LogP contribution in [0.25, 0.3) is 0 Å². The molecule has 0 radical (unpaired) electrons. The summed E-state index contributed by atoms with van der Waals surface area (Å²) in [5.74, 6) is 6.08. The van der Waals surface area contributed by atoms with Gasteiger partial charge in [0.05, 0.1) is 5.54 Å². The highest BCUT2D eigenvalue weighted by Crippen LogP contribution is 2.34. The van der Waals surface area contributed by atoms with Gasteiger partial charge in [-0.25, -0.2) is 5.01 Å². The summed E-state index contributed by atoms with van der Waals surface area (Å²) in [4.78, 5) is 0. The Balaban J connectivity index is 2.30. The molecule has 0 saturated carbocycles. The summed E-state index contributed by atoms with van der Waals surface area (Å²) in [7, 11) is 0. The van der Waals surface area contributed by atoms with E-state index in [1.54, 1.807) is 0 Å². The van der Waals surface area contributed by atoms with Crippen LogP contribution in [0.4, 0.5) is 0 Å². The number of piperidine rings is 1. The molecule has 1 saturated heterocycles. The predicted molar refractivity (Wildman–Crippen MR) is 58.5 cm³/mol. The molecule has 1 heterocycles. The lowest BCUT2D eigenvalue weighted by atomic mass is 9.83. The van der Waals surface area contributed by atoms with Crippen LogP contribution in [0.1, 0.15) is 31.7 Å². The molecule has 0 aromatic heterocycles. The van der Waals surface area contributed by atoms with Gasteiger partial charge in [-0.15, -0.1) is 0 Å². The second-order valence-electron chi connectivity index (χ2n) is 4.29. The largest absolute Gasteiger partial charge is 0.268 e. The summed E-state index contributed by atoms with van der Waals surface area (Å²) >= 11 is 0. The van der Waals surface area contributed by atoms with Crippen molar-refractivity contribution in [2.24, 2.45) is 5.84 Å². The molecule has 14 heavy (non-hydrogen) atoms. The molecule has 0 amide bonds. The molecule has 2 rings (SSSR count). The lowest BCUT2D eigenvalue weighted by Gasteiger charge is -2.42. The van der Waals surface area contributed by atoms with Crippen molar-refractivity contribution in [2.45, 2.75) is 31.7 Å². The lowest BCUT2D eigenvalue weighted by molar-refractivity contribution is 0.0591. The maximum Gasteiger partial charge on any atom is 0.0571 e. The first kappa shape index (κ1) is 9.69. The van der Waals surface area contributed by atoms with Gasteiger partial charge >= 0.3 is 0 Å². The third kappa shape index (κ3) is 1.56. The zero-order valence-corrected chi connectivity index (χ0v) is 8.74. The van der Waals surface area contributed by atoms with Gasteiger partial charge in [-0.2, -0.15) is 0 Å². The number of hydrogen-bond acceptors (Lipinski definition) is 2. The Kier molecular flexibility index (Phi) is 2.57. The molecule has 1 fully saturated rings. The summed E-state index contributed by atoms with van der Waals surface area (Å²) in [6.07, 6.45) is 3.66. The van der Waals surface area contributed by atoms with Gasteiger partial charge in [0.15, 0.2) is 0 Å². The van der Waals surface area contributed by atoms with Crippen LogP contribution in [-0.2, 0) is 5.54 Å². The van der Waals surface area contributed by atoms with Crippen molar-refractivity contribution >= 4 is 0 Å². The van der Waals surface area contributed by atoms with Crippen LogP contribution >= 0.6 is 0 Å². The number of rotatable bonds is 1. The second-order valence-corrected chi connectivity index (χ2v) is 4.29. The van der Waals surface area contributed by atoms with E-state index in [0.29, 0.717) is 0 Å². The SMILES string of the molecule is CC1(c2ccccc2)CCCCN1N. The van der Waals surface area contributed by atoms with Crippen LogP contribution in [0.15, 0.2) is 30.3 Å². The molecule has 76 valence electrons. The molecule has 1 aromatic carbocycles. The first-order valence-electron chi connectivity index (χ1n) is 5.31. The first-order valence-corrected chi connectivity index (χ1v) is 5.31. The molecule has 0 bridgehead atoms. The zero-order valence-electron chi connectivity index (χ0n) is 8.74. The minimum absolute atomic E-state index is 0.0412. The number of hydrazine groups is 1. The standard InChI is InChI=1S/C12H18N2/c1-12(9-5-6-10-14(12)13)11-7-3-2-4-8-11/h2-4,7-8H,5-6,9-10,13H2,1H3. The average Bonchev–Trinajstić information content (AvgIpc) is 2.24. The molecule has 1 aliphatic rings. The summed E-state index contributed by atoms with van der Waals surface area (Å²) < 4.78 is 0. The second kappa shape index (κ2) is 3.71. The van der Waals surface area contributed by atoms with Crippen molar-refractivity contribution in [1.82, 2.24) is 5.01 Å². The number of benzene rings is 1. The fourth-order valence-electron chi connectivity index (χ4n) is 2.25. The van der Waals surface area contributed by atoms with Crippen molar-refractivity contribution in [3.63, 3.8) is 0 Å². The normalized spacial score (nSPS) is 29.0. The van der Waals surface area contributed by atoms with Crippen molar-refractivity contribution in [1.29, 1.82) is 0 Å². The van der Waals surface area contributed by atoms with Crippen molar-refractivity contribution in [2.75, 3.05) is 6.54 Å². The van der Waals surface area contributed by atoms with Gasteiger partial charge in [-0.1, -0.05) is 30.3 Å². The maximum atomic E-state index is 6.08. The Bertz CT molecular complexity index is 296. The van der Waals surface area contributed by atoms with E-state index in [2.05, 4.69) is 37.3 Å². The molecule has 2 N–H and O–H groups in total. The van der Waals surface area contributed by atoms with Crippen molar-refractivity contribution in [3.8, 4) is 0 Å². The van der Waals surface area contributed by atoms with E-state index >= 15 is 0 Å². The summed E-state index contributed by atoms with van der Waals surface area (Å²) in [5.41, 5.74) is 1.38. The lowest BCUT2D eigenvalue weighted by Crippen LogP contribution is -2.51. The summed E-state index contributed by atoms with van der Waals surface area (Å²) in [6, 6.07) is 10.6. The minimum Gasteiger partial charge on any atom is -0.268 e. The number of nitrogens with two attached hydrogens (primary N) is 1. The Morgan fingerprint density at radius 1 is 1.21 bits per heavy atom. The average molecular weight is 190 g/mol. The molecule has 1 unspecified atom stereocenters. The van der Waals surface area contributed by atoms with Crippen LogP contribution in [0.2, 0.25) is 0 Å². The number of hydrogen-bond donors (Lipinski definition) is 1. The monoisotopic (exact) mass is 190 g/mol. The molecule has 1 aliphatic heterocycles. The van der Waals surface area contributed by atoms with E-state index in [0.717, 1.165) is 13.0 Å². The van der Waals surface area contributed by atoms with E-state index in [-0.39, 0.29) is 5.54 Å². The highest BCUT2D eigenvalue weighted by molar-refractivity contribution is 5.23. The third-order valence-corrected chi connectivity index (χ3v) is 3.34. The van der Waals surface area contributed by atoms with Gasteiger partial charge in [0.25, 0.3) is 0 Å². The maximum absolute atomic E-state index is 6.08. The van der Waals surface area contributed by atoms with E-state index < -0.39 is 0 Å². The van der Waals surface area contributed by atoms with Gasteiger partial charge in [-0.3, -0.25) is 5.84 Å². The molecular formula is C12H18N2. The van der Waals surface area contributed by atoms with Gasteiger partial charge in [0.1, 0.15) is 0 Å². The minimum atomic E-state index is 0.0412. The van der Waals surface area contributed by atoms with Gasteiger partial charge in [0.2, 0.25) is 0 Å². The summed E-state index contributed by atoms with van der Waals surface area (Å²) in [5, 5.41) is 1.99. The van der Waals surface area contributed by atoms with Crippen LogP contribution < -0.4 is 5.84 Å². The quantitative estimate of drug-likeness (QED) is 0.688. The molecule has 1 atom stereocenters. The Morgan fingerprint density at radius 2 is 1.93 bits per heavy atom. The van der Waals surface area contributed by atoms with Crippen LogP contribution in [0, 0.1) is 0 Å². The highest BCUT2D eigenvalue weighted by Gasteiger charge is 2.33. The molecular weight excluding hydrogens is 172 g/mol. The smallest absolute Gasteiger partial charge is 0.0571 e. The fourth-order valence-corrected chi connectivity index (χ4v) is 2.25. The molecule has 2 heteroatoms. The molecule has 0 spiro atoms. The van der Waals surface area contributed by atoms with Crippen molar-refractivity contribution < 1.29 is 0 Å². The van der Waals surface area contributed by atoms with Crippen LogP contribution in [0.3, 0.4) is 0 Å². The van der Waals surface area contributed by atoms with Gasteiger partial charge in [0, 0.05) is 6.54 Å². The summed E-state index contributed by atoms with van der Waals surface area (Å²) in [6.45, 7) is 3.24. The van der Waals surface area contributed by atoms with Gasteiger partial charge < -0.3 is 0 Å². The Labute approximate surface area is 85.7 Å². The highest BCUT2D eigenvalue weighted by atomic mass is 15.4. The zero-order chi connectivity index (χ0) is 10.0. The van der Waals surface area contributed by atoms with Crippen LogP contribution in [0.5, 0.6) is 0 Å². The van der Waals surface area contributed by atoms with E-state index in [9.17, 15) is 0 Å². The van der Waals surface area contributed by atoms with Crippen LogP contribution in [-0.4, -0.2) is 11.6 Å². The Morgan fingerprint density at radius 3 is 2.57 bits per heavy atom. The number of nitrogens with zero attached hydrogens (tertiary/aromatic N) is 1. The Hall–Kier alpha value is -0.860. The van der Waals surface area contributed by atoms with Crippen molar-refractivity contribution in [3.05, 3.63) is 35.9 Å². The molecule has 1 aromatic rings. The fraction of sp³-hybridized carbons (Fsp3) is 0.500. The predicted octanol–water partition coefficient (Wildman–Crippen LogP) is 2.26. The van der Waals surface area contributed by atoms with E-state index in [1.807, 2.05) is 5.01 Å². The molecule has 0 aliphatic carbocycles.